The summed E-state index contributed by atoms with van der Waals surface area (Å²) in [7, 11) is 0. The highest BCUT2D eigenvalue weighted by atomic mass is 16.5. The second kappa shape index (κ2) is 5.03. The van der Waals surface area contributed by atoms with Crippen molar-refractivity contribution in [2.24, 2.45) is 0 Å². The van der Waals surface area contributed by atoms with E-state index in [-0.39, 0.29) is 12.0 Å². The van der Waals surface area contributed by atoms with Gasteiger partial charge in [0.2, 0.25) is 0 Å². The molecule has 5 nitrogen and oxygen atoms in total. The van der Waals surface area contributed by atoms with Gasteiger partial charge in [-0.3, -0.25) is 9.78 Å². The van der Waals surface area contributed by atoms with Crippen molar-refractivity contribution < 1.29 is 9.53 Å². The van der Waals surface area contributed by atoms with Gasteiger partial charge >= 0.3 is 0 Å². The van der Waals surface area contributed by atoms with Crippen LogP contribution in [0.2, 0.25) is 0 Å². The fourth-order valence-electron chi connectivity index (χ4n) is 1.61. The van der Waals surface area contributed by atoms with Crippen LogP contribution in [-0.2, 0) is 4.74 Å². The maximum atomic E-state index is 11.6. The minimum Gasteiger partial charge on any atom is -0.376 e. The van der Waals surface area contributed by atoms with E-state index in [0.717, 1.165) is 25.1 Å². The number of hydrogen-bond donors (Lipinski definition) is 1. The Balaban J connectivity index is 1.85. The van der Waals surface area contributed by atoms with E-state index in [1.165, 1.54) is 6.20 Å². The zero-order valence-electron chi connectivity index (χ0n) is 9.27. The van der Waals surface area contributed by atoms with Crippen LogP contribution in [0, 0.1) is 6.92 Å². The first-order valence-electron chi connectivity index (χ1n) is 5.44. The molecule has 1 aromatic rings. The Labute approximate surface area is 94.2 Å². The van der Waals surface area contributed by atoms with Gasteiger partial charge in [0.1, 0.15) is 5.69 Å². The molecule has 0 aliphatic carbocycles. The third-order valence-corrected chi connectivity index (χ3v) is 2.53. The molecule has 0 saturated carbocycles. The molecule has 1 amide bonds. The molecule has 1 fully saturated rings. The van der Waals surface area contributed by atoms with Crippen molar-refractivity contribution in [1.82, 2.24) is 15.3 Å². The Kier molecular flexibility index (Phi) is 3.46. The molecule has 1 atom stereocenters. The summed E-state index contributed by atoms with van der Waals surface area (Å²) < 4.78 is 5.41. The fraction of sp³-hybridized carbons (Fsp3) is 0.545. The number of hydrogen-bond acceptors (Lipinski definition) is 4. The molecule has 2 heterocycles. The van der Waals surface area contributed by atoms with Crippen molar-refractivity contribution in [2.45, 2.75) is 25.9 Å². The Morgan fingerprint density at radius 2 is 2.44 bits per heavy atom. The van der Waals surface area contributed by atoms with Gasteiger partial charge < -0.3 is 10.1 Å². The lowest BCUT2D eigenvalue weighted by molar-refractivity contribution is 0.0853. The molecule has 16 heavy (non-hydrogen) atoms. The molecular formula is C11H15N3O2. The number of carbonyl (C=O) groups is 1. The van der Waals surface area contributed by atoms with E-state index in [2.05, 4.69) is 15.3 Å². The first kappa shape index (κ1) is 11.0. The largest absolute Gasteiger partial charge is 0.376 e. The van der Waals surface area contributed by atoms with E-state index in [1.54, 1.807) is 6.20 Å². The number of rotatable bonds is 3. The summed E-state index contributed by atoms with van der Waals surface area (Å²) >= 11 is 0. The van der Waals surface area contributed by atoms with Crippen molar-refractivity contribution in [3.05, 3.63) is 23.8 Å². The average molecular weight is 221 g/mol. The normalized spacial score (nSPS) is 19.7. The van der Waals surface area contributed by atoms with Crippen LogP contribution in [0.25, 0.3) is 0 Å². The summed E-state index contributed by atoms with van der Waals surface area (Å²) in [5, 5.41) is 2.79. The summed E-state index contributed by atoms with van der Waals surface area (Å²) in [6.07, 6.45) is 5.31. The van der Waals surface area contributed by atoms with Crippen molar-refractivity contribution in [1.29, 1.82) is 0 Å². The van der Waals surface area contributed by atoms with Crippen molar-refractivity contribution in [2.75, 3.05) is 13.2 Å². The summed E-state index contributed by atoms with van der Waals surface area (Å²) in [5.41, 5.74) is 1.15. The van der Waals surface area contributed by atoms with E-state index in [4.69, 9.17) is 4.74 Å². The van der Waals surface area contributed by atoms with Crippen LogP contribution < -0.4 is 5.32 Å². The van der Waals surface area contributed by atoms with Crippen LogP contribution in [0.1, 0.15) is 29.0 Å². The van der Waals surface area contributed by atoms with E-state index in [0.29, 0.717) is 12.2 Å². The molecule has 0 radical (unpaired) electrons. The number of nitrogens with one attached hydrogen (secondary N) is 1. The predicted molar refractivity (Wildman–Crippen MR) is 58.1 cm³/mol. The molecule has 1 aliphatic heterocycles. The van der Waals surface area contributed by atoms with Crippen LogP contribution in [0.5, 0.6) is 0 Å². The van der Waals surface area contributed by atoms with Gasteiger partial charge in [0.25, 0.3) is 5.91 Å². The van der Waals surface area contributed by atoms with Gasteiger partial charge in [-0.05, 0) is 19.8 Å². The average Bonchev–Trinajstić information content (AvgIpc) is 2.80. The third-order valence-electron chi connectivity index (χ3n) is 2.53. The summed E-state index contributed by atoms with van der Waals surface area (Å²) in [6.45, 7) is 3.18. The third kappa shape index (κ3) is 2.76. The van der Waals surface area contributed by atoms with Crippen LogP contribution in [0.3, 0.4) is 0 Å². The van der Waals surface area contributed by atoms with E-state index < -0.39 is 0 Å². The van der Waals surface area contributed by atoms with Crippen molar-refractivity contribution in [3.8, 4) is 0 Å². The van der Waals surface area contributed by atoms with Crippen LogP contribution in [0.15, 0.2) is 12.4 Å². The smallest absolute Gasteiger partial charge is 0.271 e. The SMILES string of the molecule is Cc1cnc(C(=O)NC[C@H]2CCCO2)cn1. The monoisotopic (exact) mass is 221 g/mol. The first-order chi connectivity index (χ1) is 7.75. The number of ether oxygens (including phenoxy) is 1. The van der Waals surface area contributed by atoms with Crippen LogP contribution in [-0.4, -0.2) is 35.1 Å². The predicted octanol–water partition coefficient (Wildman–Crippen LogP) is 0.694. The highest BCUT2D eigenvalue weighted by molar-refractivity contribution is 5.91. The Morgan fingerprint density at radius 1 is 1.56 bits per heavy atom. The van der Waals surface area contributed by atoms with Gasteiger partial charge in [0, 0.05) is 19.3 Å². The molecule has 1 aromatic heterocycles. The van der Waals surface area contributed by atoms with E-state index in [9.17, 15) is 4.79 Å². The standard InChI is InChI=1S/C11H15N3O2/c1-8-5-13-10(7-12-8)11(15)14-6-9-3-2-4-16-9/h5,7,9H,2-4,6H2,1H3,(H,14,15)/t9-/m1/s1. The molecule has 0 aromatic carbocycles. The molecule has 0 unspecified atom stereocenters. The minimum absolute atomic E-state index is 0.155. The van der Waals surface area contributed by atoms with Crippen molar-refractivity contribution in [3.63, 3.8) is 0 Å². The Bertz CT molecular complexity index is 358. The van der Waals surface area contributed by atoms with E-state index in [1.807, 2.05) is 6.92 Å². The maximum Gasteiger partial charge on any atom is 0.271 e. The summed E-state index contributed by atoms with van der Waals surface area (Å²) in [5.74, 6) is -0.192. The van der Waals surface area contributed by atoms with Gasteiger partial charge in [-0.15, -0.1) is 0 Å². The number of aryl methyl sites for hydroxylation is 1. The molecule has 86 valence electrons. The number of amides is 1. The van der Waals surface area contributed by atoms with Gasteiger partial charge in [-0.25, -0.2) is 4.98 Å². The molecular weight excluding hydrogens is 206 g/mol. The zero-order chi connectivity index (χ0) is 11.4. The lowest BCUT2D eigenvalue weighted by Gasteiger charge is -2.10. The van der Waals surface area contributed by atoms with Gasteiger partial charge in [-0.2, -0.15) is 0 Å². The highest BCUT2D eigenvalue weighted by Gasteiger charge is 2.16. The second-order valence-corrected chi connectivity index (χ2v) is 3.89. The minimum atomic E-state index is -0.192. The number of carbonyl (C=O) groups excluding carboxylic acids is 1. The quantitative estimate of drug-likeness (QED) is 0.815. The molecule has 5 heteroatoms. The summed E-state index contributed by atoms with van der Waals surface area (Å²) in [6, 6.07) is 0. The number of nitrogens with zero attached hydrogens (tertiary/aromatic N) is 2. The first-order valence-corrected chi connectivity index (χ1v) is 5.44. The van der Waals surface area contributed by atoms with Gasteiger partial charge in [0.05, 0.1) is 18.0 Å². The van der Waals surface area contributed by atoms with Gasteiger partial charge in [0.15, 0.2) is 0 Å². The van der Waals surface area contributed by atoms with E-state index >= 15 is 0 Å². The lowest BCUT2D eigenvalue weighted by Crippen LogP contribution is -2.32. The molecule has 1 aliphatic rings. The highest BCUT2D eigenvalue weighted by Crippen LogP contribution is 2.10. The lowest BCUT2D eigenvalue weighted by atomic mass is 10.2. The zero-order valence-corrected chi connectivity index (χ0v) is 9.27. The Morgan fingerprint density at radius 3 is 3.06 bits per heavy atom. The van der Waals surface area contributed by atoms with Crippen LogP contribution in [0.4, 0.5) is 0 Å². The molecule has 1 saturated heterocycles. The topological polar surface area (TPSA) is 64.1 Å². The fourth-order valence-corrected chi connectivity index (χ4v) is 1.61. The Hall–Kier alpha value is -1.49. The maximum absolute atomic E-state index is 11.6. The summed E-state index contributed by atoms with van der Waals surface area (Å²) in [4.78, 5) is 19.7. The molecule has 2 rings (SSSR count). The second-order valence-electron chi connectivity index (χ2n) is 3.89. The molecule has 0 bridgehead atoms. The number of aromatic nitrogens is 2. The van der Waals surface area contributed by atoms with Crippen LogP contribution >= 0.6 is 0 Å². The molecule has 1 N–H and O–H groups in total. The van der Waals surface area contributed by atoms with Crippen molar-refractivity contribution >= 4 is 5.91 Å². The van der Waals surface area contributed by atoms with Gasteiger partial charge in [-0.1, -0.05) is 0 Å². The molecule has 0 spiro atoms.